The molecule has 2 nitrogen and oxygen atoms in total. The summed E-state index contributed by atoms with van der Waals surface area (Å²) in [6.45, 7) is 0.919. The molecule has 0 radical (unpaired) electrons. The van der Waals surface area contributed by atoms with E-state index >= 15 is 0 Å². The van der Waals surface area contributed by atoms with Crippen LogP contribution in [0, 0.1) is 0 Å². The summed E-state index contributed by atoms with van der Waals surface area (Å²) in [5, 5.41) is 0.702. The number of ether oxygens (including phenoxy) is 1. The van der Waals surface area contributed by atoms with E-state index in [1.54, 1.807) is 0 Å². The van der Waals surface area contributed by atoms with Crippen molar-refractivity contribution >= 4 is 17.9 Å². The first-order valence-electron chi connectivity index (χ1n) is 4.09. The molecule has 0 N–H and O–H groups in total. The van der Waals surface area contributed by atoms with Crippen LogP contribution in [0.2, 0.25) is 5.02 Å². The van der Waals surface area contributed by atoms with Gasteiger partial charge >= 0.3 is 0 Å². The fourth-order valence-corrected chi connectivity index (χ4v) is 1.12. The zero-order valence-corrected chi connectivity index (χ0v) is 7.96. The first kappa shape index (κ1) is 10.2. The summed E-state index contributed by atoms with van der Waals surface area (Å²) >= 11 is 5.89. The molecule has 1 rings (SSSR count). The third-order valence-electron chi connectivity index (χ3n) is 1.60. The Bertz CT molecular complexity index is 273. The number of aldehydes is 1. The minimum absolute atomic E-state index is 0.435. The van der Waals surface area contributed by atoms with E-state index in [1.165, 1.54) is 0 Å². The average molecular weight is 199 g/mol. The van der Waals surface area contributed by atoms with Crippen LogP contribution < -0.4 is 0 Å². The molecule has 3 heteroatoms. The fraction of sp³-hybridized carbons (Fsp3) is 0.300. The molecule has 0 aromatic heterocycles. The molecular weight excluding hydrogens is 188 g/mol. The Morgan fingerprint density at radius 3 is 2.85 bits per heavy atom. The van der Waals surface area contributed by atoms with Crippen molar-refractivity contribution in [3.63, 3.8) is 0 Å². The highest BCUT2D eigenvalue weighted by molar-refractivity contribution is 6.31. The molecule has 0 saturated carbocycles. The Balaban J connectivity index is 2.36. The Hall–Kier alpha value is -0.860. The van der Waals surface area contributed by atoms with Gasteiger partial charge in [0.05, 0.1) is 13.2 Å². The van der Waals surface area contributed by atoms with Gasteiger partial charge in [0.25, 0.3) is 0 Å². The Labute approximate surface area is 82.5 Å². The zero-order chi connectivity index (χ0) is 9.52. The molecule has 0 saturated heterocycles. The number of carbonyl (C=O) groups is 1. The molecule has 0 unspecified atom stereocenters. The third kappa shape index (κ3) is 3.57. The van der Waals surface area contributed by atoms with Gasteiger partial charge in [-0.3, -0.25) is 0 Å². The van der Waals surface area contributed by atoms with Gasteiger partial charge in [0.2, 0.25) is 0 Å². The van der Waals surface area contributed by atoms with E-state index < -0.39 is 0 Å². The number of halogens is 1. The van der Waals surface area contributed by atoms with Gasteiger partial charge in [-0.1, -0.05) is 29.8 Å². The van der Waals surface area contributed by atoms with E-state index in [-0.39, 0.29) is 0 Å². The predicted octanol–water partition coefficient (Wildman–Crippen LogP) is 2.45. The summed E-state index contributed by atoms with van der Waals surface area (Å²) in [5.74, 6) is 0. The molecule has 0 aliphatic rings. The molecule has 70 valence electrons. The Kier molecular flexibility index (Phi) is 4.50. The maximum absolute atomic E-state index is 9.98. The summed E-state index contributed by atoms with van der Waals surface area (Å²) in [6.07, 6.45) is 1.27. The number of hydrogen-bond acceptors (Lipinski definition) is 2. The van der Waals surface area contributed by atoms with E-state index in [2.05, 4.69) is 0 Å². The lowest BCUT2D eigenvalue weighted by Crippen LogP contribution is -1.96. The second-order valence-electron chi connectivity index (χ2n) is 2.60. The summed E-state index contributed by atoms with van der Waals surface area (Å²) in [4.78, 5) is 9.98. The molecule has 0 fully saturated rings. The predicted molar refractivity (Wildman–Crippen MR) is 51.8 cm³/mol. The number of benzene rings is 1. The van der Waals surface area contributed by atoms with Crippen LogP contribution in [0.25, 0.3) is 0 Å². The van der Waals surface area contributed by atoms with Crippen molar-refractivity contribution in [1.29, 1.82) is 0 Å². The summed E-state index contributed by atoms with van der Waals surface area (Å²) in [6, 6.07) is 7.50. The monoisotopic (exact) mass is 198 g/mol. The van der Waals surface area contributed by atoms with Crippen LogP contribution in [0.3, 0.4) is 0 Å². The number of hydrogen-bond donors (Lipinski definition) is 0. The molecule has 1 aromatic carbocycles. The minimum Gasteiger partial charge on any atom is -0.376 e. The lowest BCUT2D eigenvalue weighted by Gasteiger charge is -2.03. The van der Waals surface area contributed by atoms with Crippen LogP contribution in [0.4, 0.5) is 0 Å². The SMILES string of the molecule is O=CCCOCc1ccccc1Cl. The number of rotatable bonds is 5. The lowest BCUT2D eigenvalue weighted by molar-refractivity contribution is -0.108. The standard InChI is InChI=1S/C10H11ClO2/c11-10-5-2-1-4-9(10)8-13-7-3-6-12/h1-2,4-6H,3,7-8H2. The van der Waals surface area contributed by atoms with Crippen LogP contribution in [0.5, 0.6) is 0 Å². The van der Waals surface area contributed by atoms with Crippen LogP contribution >= 0.6 is 11.6 Å². The van der Waals surface area contributed by atoms with Crippen molar-refractivity contribution in [2.45, 2.75) is 13.0 Å². The normalized spacial score (nSPS) is 9.92. The van der Waals surface area contributed by atoms with Gasteiger partial charge < -0.3 is 9.53 Å². The average Bonchev–Trinajstić information content (AvgIpc) is 2.15. The minimum atomic E-state index is 0.435. The molecule has 13 heavy (non-hydrogen) atoms. The smallest absolute Gasteiger partial charge is 0.122 e. The Morgan fingerprint density at radius 2 is 2.15 bits per heavy atom. The number of carbonyl (C=O) groups excluding carboxylic acids is 1. The van der Waals surface area contributed by atoms with Crippen molar-refractivity contribution in [2.24, 2.45) is 0 Å². The largest absolute Gasteiger partial charge is 0.376 e. The molecule has 0 spiro atoms. The zero-order valence-electron chi connectivity index (χ0n) is 7.20. The highest BCUT2D eigenvalue weighted by Crippen LogP contribution is 2.15. The molecule has 1 aromatic rings. The van der Waals surface area contributed by atoms with Crippen molar-refractivity contribution in [3.8, 4) is 0 Å². The van der Waals surface area contributed by atoms with Gasteiger partial charge in [0, 0.05) is 11.4 Å². The van der Waals surface area contributed by atoms with Gasteiger partial charge in [0.15, 0.2) is 0 Å². The maximum atomic E-state index is 9.98. The quantitative estimate of drug-likeness (QED) is 0.537. The van der Waals surface area contributed by atoms with Crippen LogP contribution in [-0.2, 0) is 16.1 Å². The highest BCUT2D eigenvalue weighted by Gasteiger charge is 1.97. The second-order valence-corrected chi connectivity index (χ2v) is 3.01. The fourth-order valence-electron chi connectivity index (χ4n) is 0.929. The summed E-state index contributed by atoms with van der Waals surface area (Å²) < 4.78 is 5.23. The van der Waals surface area contributed by atoms with Crippen molar-refractivity contribution in [2.75, 3.05) is 6.61 Å². The third-order valence-corrected chi connectivity index (χ3v) is 1.96. The van der Waals surface area contributed by atoms with E-state index in [1.807, 2.05) is 24.3 Å². The van der Waals surface area contributed by atoms with Crippen LogP contribution in [-0.4, -0.2) is 12.9 Å². The van der Waals surface area contributed by atoms with E-state index in [9.17, 15) is 4.79 Å². The molecule has 0 atom stereocenters. The lowest BCUT2D eigenvalue weighted by atomic mass is 10.2. The van der Waals surface area contributed by atoms with E-state index in [0.29, 0.717) is 24.7 Å². The molecular formula is C10H11ClO2. The van der Waals surface area contributed by atoms with E-state index in [4.69, 9.17) is 16.3 Å². The molecule has 0 amide bonds. The second kappa shape index (κ2) is 5.73. The maximum Gasteiger partial charge on any atom is 0.122 e. The first-order valence-corrected chi connectivity index (χ1v) is 4.47. The van der Waals surface area contributed by atoms with Gasteiger partial charge in [-0.25, -0.2) is 0 Å². The topological polar surface area (TPSA) is 26.3 Å². The Morgan fingerprint density at radius 1 is 1.38 bits per heavy atom. The first-order chi connectivity index (χ1) is 6.34. The van der Waals surface area contributed by atoms with Gasteiger partial charge in [-0.15, -0.1) is 0 Å². The van der Waals surface area contributed by atoms with Gasteiger partial charge in [-0.05, 0) is 11.6 Å². The molecule has 0 heterocycles. The van der Waals surface area contributed by atoms with Gasteiger partial charge in [0.1, 0.15) is 6.29 Å². The summed E-state index contributed by atoms with van der Waals surface area (Å²) in [7, 11) is 0. The van der Waals surface area contributed by atoms with E-state index in [0.717, 1.165) is 11.8 Å². The highest BCUT2D eigenvalue weighted by atomic mass is 35.5. The van der Waals surface area contributed by atoms with Crippen LogP contribution in [0.1, 0.15) is 12.0 Å². The molecule has 0 aliphatic carbocycles. The molecule has 0 bridgehead atoms. The van der Waals surface area contributed by atoms with Crippen molar-refractivity contribution in [1.82, 2.24) is 0 Å². The summed E-state index contributed by atoms with van der Waals surface area (Å²) in [5.41, 5.74) is 0.954. The van der Waals surface area contributed by atoms with Crippen molar-refractivity contribution < 1.29 is 9.53 Å². The van der Waals surface area contributed by atoms with Crippen LogP contribution in [0.15, 0.2) is 24.3 Å². The molecule has 0 aliphatic heterocycles. The van der Waals surface area contributed by atoms with Crippen molar-refractivity contribution in [3.05, 3.63) is 34.9 Å². The van der Waals surface area contributed by atoms with Gasteiger partial charge in [-0.2, -0.15) is 0 Å².